The summed E-state index contributed by atoms with van der Waals surface area (Å²) in [5.41, 5.74) is 1.00. The van der Waals surface area contributed by atoms with Crippen molar-refractivity contribution in [1.82, 2.24) is 15.3 Å². The Morgan fingerprint density at radius 2 is 1.95 bits per heavy atom. The third kappa shape index (κ3) is 4.95. The molecule has 21 heavy (non-hydrogen) atoms. The van der Waals surface area contributed by atoms with Gasteiger partial charge >= 0.3 is 0 Å². The molecule has 1 N–H and O–H groups in total. The molecule has 1 aromatic heterocycles. The number of hydrogen-bond donors (Lipinski definition) is 1. The van der Waals surface area contributed by atoms with E-state index in [1.165, 1.54) is 12.8 Å². The van der Waals surface area contributed by atoms with Gasteiger partial charge in [0, 0.05) is 12.5 Å². The van der Waals surface area contributed by atoms with Gasteiger partial charge in [0.2, 0.25) is 0 Å². The number of rotatable bonds is 7. The Bertz CT molecular complexity index is 440. The summed E-state index contributed by atoms with van der Waals surface area (Å²) in [4.78, 5) is 9.17. The molecule has 118 valence electrons. The average Bonchev–Trinajstić information content (AvgIpc) is 2.92. The van der Waals surface area contributed by atoms with Crippen LogP contribution in [0.3, 0.4) is 0 Å². The predicted molar refractivity (Wildman–Crippen MR) is 85.5 cm³/mol. The minimum atomic E-state index is 0.342. The second kappa shape index (κ2) is 7.74. The molecule has 0 spiro atoms. The van der Waals surface area contributed by atoms with Crippen LogP contribution in [0.1, 0.15) is 70.8 Å². The van der Waals surface area contributed by atoms with Gasteiger partial charge in [0.25, 0.3) is 0 Å². The van der Waals surface area contributed by atoms with E-state index in [-0.39, 0.29) is 0 Å². The fourth-order valence-electron chi connectivity index (χ4n) is 2.59. The Hall–Kier alpha value is -1.16. The van der Waals surface area contributed by atoms with Crippen molar-refractivity contribution in [3.05, 3.63) is 17.7 Å². The van der Waals surface area contributed by atoms with Crippen molar-refractivity contribution in [3.8, 4) is 5.75 Å². The molecule has 1 aliphatic rings. The maximum Gasteiger partial charge on any atom is 0.160 e. The van der Waals surface area contributed by atoms with Crippen molar-refractivity contribution < 1.29 is 4.74 Å². The second-order valence-electron chi connectivity index (χ2n) is 6.74. The number of hydrogen-bond acceptors (Lipinski definition) is 4. The van der Waals surface area contributed by atoms with Gasteiger partial charge in [-0.2, -0.15) is 0 Å². The van der Waals surface area contributed by atoms with E-state index in [9.17, 15) is 0 Å². The van der Waals surface area contributed by atoms with Crippen molar-refractivity contribution in [1.29, 1.82) is 0 Å². The monoisotopic (exact) mass is 291 g/mol. The predicted octanol–water partition coefficient (Wildman–Crippen LogP) is 3.67. The summed E-state index contributed by atoms with van der Waals surface area (Å²) < 4.78 is 6.13. The van der Waals surface area contributed by atoms with E-state index < -0.39 is 0 Å². The molecule has 1 heterocycles. The molecule has 0 aliphatic heterocycles. The molecule has 0 aromatic carbocycles. The van der Waals surface area contributed by atoms with Crippen LogP contribution in [-0.2, 0) is 6.54 Å². The Morgan fingerprint density at radius 1 is 1.24 bits per heavy atom. The zero-order chi connectivity index (χ0) is 15.2. The van der Waals surface area contributed by atoms with Crippen molar-refractivity contribution in [2.75, 3.05) is 6.54 Å². The smallest absolute Gasteiger partial charge is 0.160 e. The van der Waals surface area contributed by atoms with Gasteiger partial charge in [0.05, 0.1) is 18.0 Å². The van der Waals surface area contributed by atoms with E-state index in [0.717, 1.165) is 43.2 Å². The zero-order valence-corrected chi connectivity index (χ0v) is 13.9. The highest BCUT2D eigenvalue weighted by Crippen LogP contribution is 2.26. The van der Waals surface area contributed by atoms with Gasteiger partial charge in [0.15, 0.2) is 5.75 Å². The summed E-state index contributed by atoms with van der Waals surface area (Å²) in [6, 6.07) is 0. The Balaban J connectivity index is 2.08. The summed E-state index contributed by atoms with van der Waals surface area (Å²) >= 11 is 0. The average molecular weight is 291 g/mol. The van der Waals surface area contributed by atoms with Gasteiger partial charge in [-0.3, -0.25) is 0 Å². The molecule has 0 bridgehead atoms. The molecule has 0 atom stereocenters. The van der Waals surface area contributed by atoms with Gasteiger partial charge < -0.3 is 10.1 Å². The highest BCUT2D eigenvalue weighted by atomic mass is 16.5. The third-order valence-corrected chi connectivity index (χ3v) is 3.81. The molecule has 4 heteroatoms. The Labute approximate surface area is 128 Å². The van der Waals surface area contributed by atoms with Crippen molar-refractivity contribution in [3.63, 3.8) is 0 Å². The first-order valence-corrected chi connectivity index (χ1v) is 8.29. The molecule has 2 rings (SSSR count). The van der Waals surface area contributed by atoms with Crippen molar-refractivity contribution in [2.24, 2.45) is 5.92 Å². The second-order valence-corrected chi connectivity index (χ2v) is 6.74. The topological polar surface area (TPSA) is 47.0 Å². The van der Waals surface area contributed by atoms with Crippen molar-refractivity contribution in [2.45, 2.75) is 71.9 Å². The highest BCUT2D eigenvalue weighted by molar-refractivity contribution is 5.25. The largest absolute Gasteiger partial charge is 0.487 e. The summed E-state index contributed by atoms with van der Waals surface area (Å²) in [5, 5.41) is 3.46. The van der Waals surface area contributed by atoms with Crippen LogP contribution in [0.15, 0.2) is 6.20 Å². The van der Waals surface area contributed by atoms with Crippen LogP contribution in [0.25, 0.3) is 0 Å². The van der Waals surface area contributed by atoms with Crippen LogP contribution in [0.5, 0.6) is 5.75 Å². The maximum atomic E-state index is 6.13. The minimum Gasteiger partial charge on any atom is -0.487 e. The first kappa shape index (κ1) is 16.2. The van der Waals surface area contributed by atoms with Crippen LogP contribution in [-0.4, -0.2) is 22.6 Å². The van der Waals surface area contributed by atoms with E-state index in [0.29, 0.717) is 17.9 Å². The molecule has 1 saturated carbocycles. The lowest BCUT2D eigenvalue weighted by molar-refractivity contribution is 0.205. The SMILES string of the molecule is CC(C)CNCc1nc(C(C)C)ncc1OC1CCCC1. The first-order valence-electron chi connectivity index (χ1n) is 8.29. The van der Waals surface area contributed by atoms with E-state index in [1.54, 1.807) is 0 Å². The summed E-state index contributed by atoms with van der Waals surface area (Å²) in [7, 11) is 0. The maximum absolute atomic E-state index is 6.13. The van der Waals surface area contributed by atoms with E-state index in [1.807, 2.05) is 6.20 Å². The molecular weight excluding hydrogens is 262 g/mol. The highest BCUT2D eigenvalue weighted by Gasteiger charge is 2.19. The van der Waals surface area contributed by atoms with E-state index in [2.05, 4.69) is 38.0 Å². The van der Waals surface area contributed by atoms with E-state index >= 15 is 0 Å². The standard InChI is InChI=1S/C17H29N3O/c1-12(2)9-18-10-15-16(21-14-7-5-6-8-14)11-19-17(20-15)13(3)4/h11-14,18H,5-10H2,1-4H3. The Morgan fingerprint density at radius 3 is 2.57 bits per heavy atom. The van der Waals surface area contributed by atoms with Gasteiger partial charge in [-0.25, -0.2) is 9.97 Å². The zero-order valence-electron chi connectivity index (χ0n) is 13.9. The summed E-state index contributed by atoms with van der Waals surface area (Å²) in [6.07, 6.45) is 7.08. The molecule has 1 aliphatic carbocycles. The number of nitrogens with zero attached hydrogens (tertiary/aromatic N) is 2. The summed E-state index contributed by atoms with van der Waals surface area (Å²) in [6.45, 7) is 10.4. The van der Waals surface area contributed by atoms with Gasteiger partial charge in [0.1, 0.15) is 5.82 Å². The lowest BCUT2D eigenvalue weighted by Crippen LogP contribution is -2.22. The number of aromatic nitrogens is 2. The number of nitrogens with one attached hydrogen (secondary N) is 1. The van der Waals surface area contributed by atoms with Crippen LogP contribution in [0.2, 0.25) is 0 Å². The molecule has 0 radical (unpaired) electrons. The quantitative estimate of drug-likeness (QED) is 0.832. The van der Waals surface area contributed by atoms with Crippen LogP contribution in [0.4, 0.5) is 0 Å². The number of ether oxygens (including phenoxy) is 1. The van der Waals surface area contributed by atoms with Crippen LogP contribution >= 0.6 is 0 Å². The van der Waals surface area contributed by atoms with Crippen molar-refractivity contribution >= 4 is 0 Å². The fourth-order valence-corrected chi connectivity index (χ4v) is 2.59. The third-order valence-electron chi connectivity index (χ3n) is 3.81. The normalized spacial score (nSPS) is 16.1. The lowest BCUT2D eigenvalue weighted by Gasteiger charge is -2.17. The molecule has 0 unspecified atom stereocenters. The lowest BCUT2D eigenvalue weighted by atomic mass is 10.2. The first-order chi connectivity index (χ1) is 10.1. The van der Waals surface area contributed by atoms with E-state index in [4.69, 9.17) is 9.72 Å². The molecule has 1 aromatic rings. The summed E-state index contributed by atoms with van der Waals surface area (Å²) in [5.74, 6) is 2.74. The minimum absolute atomic E-state index is 0.342. The molecule has 1 fully saturated rings. The molecule has 0 saturated heterocycles. The van der Waals surface area contributed by atoms with Crippen LogP contribution < -0.4 is 10.1 Å². The van der Waals surface area contributed by atoms with Gasteiger partial charge in [-0.05, 0) is 38.1 Å². The van der Waals surface area contributed by atoms with Crippen LogP contribution in [0, 0.1) is 5.92 Å². The van der Waals surface area contributed by atoms with Gasteiger partial charge in [-0.15, -0.1) is 0 Å². The fraction of sp³-hybridized carbons (Fsp3) is 0.765. The molecule has 0 amide bonds. The van der Waals surface area contributed by atoms with Gasteiger partial charge in [-0.1, -0.05) is 27.7 Å². The molecular formula is C17H29N3O. The molecule has 4 nitrogen and oxygen atoms in total. The Kier molecular flexibility index (Phi) is 5.97.